The van der Waals surface area contributed by atoms with Gasteiger partial charge in [0.1, 0.15) is 0 Å². The van der Waals surface area contributed by atoms with Crippen molar-refractivity contribution in [1.29, 1.82) is 0 Å². The normalized spacial score (nSPS) is 28.3. The average Bonchev–Trinajstić information content (AvgIpc) is 3.00. The van der Waals surface area contributed by atoms with Crippen molar-refractivity contribution < 1.29 is 0 Å². The van der Waals surface area contributed by atoms with Crippen LogP contribution in [0.1, 0.15) is 49.8 Å². The first-order valence-electron chi connectivity index (χ1n) is 7.40. The van der Waals surface area contributed by atoms with E-state index in [2.05, 4.69) is 41.8 Å². The number of fused-ring (bicyclic) bond motifs is 1. The molecular weight excluding hydrogens is 220 g/mol. The summed E-state index contributed by atoms with van der Waals surface area (Å²) in [4.78, 5) is 0. The summed E-state index contributed by atoms with van der Waals surface area (Å²) in [6, 6.07) is 10.8. The molecule has 1 aromatic rings. The summed E-state index contributed by atoms with van der Waals surface area (Å²) in [5, 5.41) is 7.41. The van der Waals surface area contributed by atoms with Gasteiger partial charge in [-0.3, -0.25) is 0 Å². The molecule has 0 saturated carbocycles. The lowest BCUT2D eigenvalue weighted by Gasteiger charge is -2.23. The molecule has 1 fully saturated rings. The Morgan fingerprint density at radius 3 is 3.06 bits per heavy atom. The molecule has 98 valence electrons. The first-order valence-corrected chi connectivity index (χ1v) is 7.40. The first kappa shape index (κ1) is 12.2. The van der Waals surface area contributed by atoms with E-state index in [1.54, 1.807) is 5.56 Å². The van der Waals surface area contributed by atoms with Crippen LogP contribution in [0.3, 0.4) is 0 Å². The molecule has 3 atom stereocenters. The Bertz CT molecular complexity index is 396. The Labute approximate surface area is 110 Å². The monoisotopic (exact) mass is 244 g/mol. The summed E-state index contributed by atoms with van der Waals surface area (Å²) in [7, 11) is 0. The van der Waals surface area contributed by atoms with Crippen LogP contribution in [0.4, 0.5) is 0 Å². The van der Waals surface area contributed by atoms with Crippen LogP contribution < -0.4 is 10.6 Å². The van der Waals surface area contributed by atoms with Gasteiger partial charge in [0.15, 0.2) is 0 Å². The lowest BCUT2D eigenvalue weighted by atomic mass is 10.0. The minimum Gasteiger partial charge on any atom is -0.314 e. The maximum atomic E-state index is 3.82. The van der Waals surface area contributed by atoms with Crippen molar-refractivity contribution >= 4 is 0 Å². The zero-order chi connectivity index (χ0) is 12.4. The van der Waals surface area contributed by atoms with E-state index >= 15 is 0 Å². The lowest BCUT2D eigenvalue weighted by molar-refractivity contribution is 0.394. The molecule has 1 heterocycles. The average molecular weight is 244 g/mol. The van der Waals surface area contributed by atoms with Crippen LogP contribution in [0.5, 0.6) is 0 Å². The standard InChI is InChI=1S/C16H24N2/c1-12(11-14-6-4-10-17-14)18-16-9-8-13-5-2-3-7-15(13)16/h2-3,5,7,12,14,16-18H,4,6,8-11H2,1H3. The molecule has 0 aromatic heterocycles. The van der Waals surface area contributed by atoms with Gasteiger partial charge in [-0.2, -0.15) is 0 Å². The third-order valence-electron chi connectivity index (χ3n) is 4.42. The summed E-state index contributed by atoms with van der Waals surface area (Å²) in [6.07, 6.45) is 6.47. The molecule has 0 bridgehead atoms. The molecule has 0 amide bonds. The highest BCUT2D eigenvalue weighted by Crippen LogP contribution is 2.31. The molecule has 2 aliphatic rings. The highest BCUT2D eigenvalue weighted by atomic mass is 15.0. The SMILES string of the molecule is CC(CC1CCCN1)NC1CCc2ccccc21. The smallest absolute Gasteiger partial charge is 0.0328 e. The van der Waals surface area contributed by atoms with Gasteiger partial charge in [0.2, 0.25) is 0 Å². The fourth-order valence-electron chi connectivity index (χ4n) is 3.53. The van der Waals surface area contributed by atoms with Crippen molar-refractivity contribution in [1.82, 2.24) is 10.6 Å². The Morgan fingerprint density at radius 2 is 2.22 bits per heavy atom. The number of aryl methyl sites for hydroxylation is 1. The van der Waals surface area contributed by atoms with E-state index in [9.17, 15) is 0 Å². The van der Waals surface area contributed by atoms with Crippen LogP contribution in [0.2, 0.25) is 0 Å². The number of nitrogens with one attached hydrogen (secondary N) is 2. The maximum absolute atomic E-state index is 3.82. The molecule has 0 spiro atoms. The molecule has 2 heteroatoms. The fourth-order valence-corrected chi connectivity index (χ4v) is 3.53. The summed E-state index contributed by atoms with van der Waals surface area (Å²) in [5.74, 6) is 0. The minimum atomic E-state index is 0.581. The van der Waals surface area contributed by atoms with Crippen molar-refractivity contribution in [2.45, 2.75) is 57.2 Å². The molecule has 2 nitrogen and oxygen atoms in total. The van der Waals surface area contributed by atoms with E-state index in [0.717, 1.165) is 6.04 Å². The third kappa shape index (κ3) is 2.60. The number of hydrogen-bond donors (Lipinski definition) is 2. The highest BCUT2D eigenvalue weighted by Gasteiger charge is 2.24. The van der Waals surface area contributed by atoms with Crippen LogP contribution >= 0.6 is 0 Å². The number of rotatable bonds is 4. The number of hydrogen-bond acceptors (Lipinski definition) is 2. The van der Waals surface area contributed by atoms with Gasteiger partial charge in [0.05, 0.1) is 0 Å². The second kappa shape index (κ2) is 5.41. The third-order valence-corrected chi connectivity index (χ3v) is 4.42. The van der Waals surface area contributed by atoms with Crippen molar-refractivity contribution in [3.05, 3.63) is 35.4 Å². The molecule has 3 rings (SSSR count). The van der Waals surface area contributed by atoms with Gasteiger partial charge in [-0.15, -0.1) is 0 Å². The molecule has 1 aromatic carbocycles. The van der Waals surface area contributed by atoms with E-state index in [1.165, 1.54) is 44.2 Å². The zero-order valence-corrected chi connectivity index (χ0v) is 11.3. The highest BCUT2D eigenvalue weighted by molar-refractivity contribution is 5.34. The topological polar surface area (TPSA) is 24.1 Å². The predicted octanol–water partition coefficient (Wildman–Crippen LogP) is 2.79. The van der Waals surface area contributed by atoms with Crippen molar-refractivity contribution in [2.24, 2.45) is 0 Å². The van der Waals surface area contributed by atoms with Crippen LogP contribution in [0.15, 0.2) is 24.3 Å². The van der Waals surface area contributed by atoms with E-state index < -0.39 is 0 Å². The van der Waals surface area contributed by atoms with Crippen LogP contribution in [-0.2, 0) is 6.42 Å². The van der Waals surface area contributed by atoms with E-state index in [0.29, 0.717) is 12.1 Å². The number of benzene rings is 1. The van der Waals surface area contributed by atoms with Gasteiger partial charge in [-0.05, 0) is 56.7 Å². The van der Waals surface area contributed by atoms with Crippen LogP contribution in [-0.4, -0.2) is 18.6 Å². The van der Waals surface area contributed by atoms with Gasteiger partial charge in [-0.1, -0.05) is 24.3 Å². The van der Waals surface area contributed by atoms with Crippen molar-refractivity contribution in [2.75, 3.05) is 6.54 Å². The Morgan fingerprint density at radius 1 is 1.33 bits per heavy atom. The minimum absolute atomic E-state index is 0.581. The molecule has 2 N–H and O–H groups in total. The second-order valence-electron chi connectivity index (χ2n) is 5.89. The maximum Gasteiger partial charge on any atom is 0.0328 e. The summed E-state index contributed by atoms with van der Waals surface area (Å²) in [5.41, 5.74) is 3.07. The lowest BCUT2D eigenvalue weighted by Crippen LogP contribution is -2.35. The van der Waals surface area contributed by atoms with Gasteiger partial charge >= 0.3 is 0 Å². The molecule has 18 heavy (non-hydrogen) atoms. The van der Waals surface area contributed by atoms with Crippen LogP contribution in [0.25, 0.3) is 0 Å². The van der Waals surface area contributed by atoms with Crippen LogP contribution in [0, 0.1) is 0 Å². The first-order chi connectivity index (χ1) is 8.83. The van der Waals surface area contributed by atoms with Crippen molar-refractivity contribution in [3.8, 4) is 0 Å². The zero-order valence-electron chi connectivity index (χ0n) is 11.3. The predicted molar refractivity (Wildman–Crippen MR) is 75.7 cm³/mol. The molecule has 1 aliphatic heterocycles. The van der Waals surface area contributed by atoms with Crippen molar-refractivity contribution in [3.63, 3.8) is 0 Å². The molecule has 0 radical (unpaired) electrons. The largest absolute Gasteiger partial charge is 0.314 e. The van der Waals surface area contributed by atoms with E-state index in [1.807, 2.05) is 0 Å². The summed E-state index contributed by atoms with van der Waals surface area (Å²) < 4.78 is 0. The Kier molecular flexibility index (Phi) is 3.67. The summed E-state index contributed by atoms with van der Waals surface area (Å²) in [6.45, 7) is 3.55. The molecule has 1 saturated heterocycles. The van der Waals surface area contributed by atoms with E-state index in [4.69, 9.17) is 0 Å². The van der Waals surface area contributed by atoms with Gasteiger partial charge < -0.3 is 10.6 Å². The Hall–Kier alpha value is -0.860. The quantitative estimate of drug-likeness (QED) is 0.851. The van der Waals surface area contributed by atoms with Gasteiger partial charge in [0, 0.05) is 18.1 Å². The fraction of sp³-hybridized carbons (Fsp3) is 0.625. The molecular formula is C16H24N2. The summed E-state index contributed by atoms with van der Waals surface area (Å²) >= 11 is 0. The Balaban J connectivity index is 1.57. The van der Waals surface area contributed by atoms with Gasteiger partial charge in [0.25, 0.3) is 0 Å². The van der Waals surface area contributed by atoms with E-state index in [-0.39, 0.29) is 0 Å². The molecule has 1 aliphatic carbocycles. The van der Waals surface area contributed by atoms with Gasteiger partial charge in [-0.25, -0.2) is 0 Å². The second-order valence-corrected chi connectivity index (χ2v) is 5.89. The molecule has 3 unspecified atom stereocenters.